The zero-order valence-corrected chi connectivity index (χ0v) is 16.1. The van der Waals surface area contributed by atoms with Crippen LogP contribution in [0.25, 0.3) is 0 Å². The van der Waals surface area contributed by atoms with Gasteiger partial charge in [0.25, 0.3) is 0 Å². The summed E-state index contributed by atoms with van der Waals surface area (Å²) in [5, 5.41) is 2.93. The molecule has 0 aliphatic carbocycles. The fraction of sp³-hybridized carbons (Fsp3) is 0.700. The lowest BCUT2D eigenvalue weighted by Gasteiger charge is -2.37. The average molecular weight is 361 g/mol. The summed E-state index contributed by atoms with van der Waals surface area (Å²) in [7, 11) is 1.72. The number of pyridine rings is 1. The predicted molar refractivity (Wildman–Crippen MR) is 103 cm³/mol. The Morgan fingerprint density at radius 2 is 2.04 bits per heavy atom. The number of methoxy groups -OCH3 is 1. The van der Waals surface area contributed by atoms with Crippen molar-refractivity contribution >= 4 is 6.03 Å². The quantitative estimate of drug-likeness (QED) is 0.897. The number of ether oxygens (including phenoxy) is 1. The number of urea groups is 1. The second-order valence-electron chi connectivity index (χ2n) is 7.31. The van der Waals surface area contributed by atoms with Gasteiger partial charge in [0.05, 0.1) is 12.8 Å². The van der Waals surface area contributed by atoms with E-state index in [1.165, 1.54) is 6.42 Å². The van der Waals surface area contributed by atoms with Crippen LogP contribution in [0.2, 0.25) is 0 Å². The van der Waals surface area contributed by atoms with Crippen molar-refractivity contribution in [2.75, 3.05) is 39.8 Å². The summed E-state index contributed by atoms with van der Waals surface area (Å²) in [5.41, 5.74) is 1.11. The molecule has 0 spiro atoms. The number of hydrogen-bond donors (Lipinski definition) is 1. The Hall–Kier alpha value is -1.82. The van der Waals surface area contributed by atoms with Crippen LogP contribution in [0.1, 0.15) is 50.6 Å². The lowest BCUT2D eigenvalue weighted by Crippen LogP contribution is -2.43. The molecule has 2 amide bonds. The van der Waals surface area contributed by atoms with E-state index in [1.807, 2.05) is 30.2 Å². The molecule has 1 N–H and O–H groups in total. The van der Waals surface area contributed by atoms with Crippen LogP contribution in [-0.4, -0.2) is 66.7 Å². The number of nitrogens with zero attached hydrogens (tertiary/aromatic N) is 3. The van der Waals surface area contributed by atoms with E-state index in [-0.39, 0.29) is 6.03 Å². The second-order valence-corrected chi connectivity index (χ2v) is 7.31. The molecule has 26 heavy (non-hydrogen) atoms. The summed E-state index contributed by atoms with van der Waals surface area (Å²) in [6.45, 7) is 6.63. The number of aromatic nitrogens is 1. The first kappa shape index (κ1) is 19.0. The Kier molecular flexibility index (Phi) is 6.72. The molecule has 0 saturated carbocycles. The maximum absolute atomic E-state index is 12.1. The molecule has 3 rings (SSSR count). The minimum absolute atomic E-state index is 0.0918. The van der Waals surface area contributed by atoms with Crippen molar-refractivity contribution in [1.29, 1.82) is 0 Å². The minimum atomic E-state index is 0.0918. The maximum Gasteiger partial charge on any atom is 0.317 e. The van der Waals surface area contributed by atoms with Crippen LogP contribution in [0.3, 0.4) is 0 Å². The van der Waals surface area contributed by atoms with Crippen molar-refractivity contribution in [2.45, 2.75) is 51.0 Å². The number of carbonyl (C=O) groups excluding carboxylic acids is 1. The second kappa shape index (κ2) is 9.21. The van der Waals surface area contributed by atoms with E-state index >= 15 is 0 Å². The molecule has 0 aromatic carbocycles. The van der Waals surface area contributed by atoms with Crippen LogP contribution in [0.5, 0.6) is 5.75 Å². The molecule has 2 aliphatic rings. The highest BCUT2D eigenvalue weighted by atomic mass is 16.5. The third-order valence-electron chi connectivity index (χ3n) is 5.77. The number of likely N-dealkylation sites (tertiary alicyclic amines) is 2. The van der Waals surface area contributed by atoms with E-state index in [1.54, 1.807) is 7.11 Å². The van der Waals surface area contributed by atoms with Gasteiger partial charge in [-0.1, -0.05) is 0 Å². The Bertz CT molecular complexity index is 587. The summed E-state index contributed by atoms with van der Waals surface area (Å²) in [4.78, 5) is 21.3. The van der Waals surface area contributed by atoms with Gasteiger partial charge in [-0.05, 0) is 64.3 Å². The Balaban J connectivity index is 1.53. The van der Waals surface area contributed by atoms with Gasteiger partial charge in [0, 0.05) is 37.8 Å². The van der Waals surface area contributed by atoms with E-state index in [9.17, 15) is 4.79 Å². The number of hydrogen-bond acceptors (Lipinski definition) is 4. The maximum atomic E-state index is 12.1. The zero-order valence-electron chi connectivity index (χ0n) is 16.1. The summed E-state index contributed by atoms with van der Waals surface area (Å²) < 4.78 is 5.49. The number of nitrogens with one attached hydrogen (secondary N) is 1. The van der Waals surface area contributed by atoms with Crippen LogP contribution in [0.4, 0.5) is 4.79 Å². The lowest BCUT2D eigenvalue weighted by molar-refractivity contribution is 0.137. The molecule has 0 radical (unpaired) electrons. The average Bonchev–Trinajstić information content (AvgIpc) is 2.94. The molecule has 2 aliphatic heterocycles. The van der Waals surface area contributed by atoms with Crippen LogP contribution in [0, 0.1) is 0 Å². The van der Waals surface area contributed by atoms with E-state index in [0.29, 0.717) is 18.5 Å². The molecule has 0 bridgehead atoms. The molecule has 1 atom stereocenters. The first-order valence-electron chi connectivity index (χ1n) is 9.98. The minimum Gasteiger partial charge on any atom is -0.495 e. The van der Waals surface area contributed by atoms with Crippen LogP contribution in [-0.2, 0) is 0 Å². The van der Waals surface area contributed by atoms with Gasteiger partial charge in [0.15, 0.2) is 0 Å². The van der Waals surface area contributed by atoms with Gasteiger partial charge in [-0.2, -0.15) is 0 Å². The first-order chi connectivity index (χ1) is 12.7. The SMILES string of the molecule is CCNC(=O)N1CCCC(N2CCC(c3ncccc3OC)CC2)CC1. The monoisotopic (exact) mass is 360 g/mol. The molecule has 2 saturated heterocycles. The normalized spacial score (nSPS) is 22.7. The van der Waals surface area contributed by atoms with Crippen molar-refractivity contribution in [3.8, 4) is 5.75 Å². The molecule has 3 heterocycles. The van der Waals surface area contributed by atoms with Gasteiger partial charge >= 0.3 is 6.03 Å². The van der Waals surface area contributed by atoms with Crippen molar-refractivity contribution in [2.24, 2.45) is 0 Å². The molecule has 1 unspecified atom stereocenters. The van der Waals surface area contributed by atoms with Crippen molar-refractivity contribution in [3.63, 3.8) is 0 Å². The summed E-state index contributed by atoms with van der Waals surface area (Å²) >= 11 is 0. The molecule has 6 heteroatoms. The molecule has 1 aromatic heterocycles. The summed E-state index contributed by atoms with van der Waals surface area (Å²) in [6.07, 6.45) is 7.48. The highest BCUT2D eigenvalue weighted by Crippen LogP contribution is 2.33. The zero-order chi connectivity index (χ0) is 18.4. The summed E-state index contributed by atoms with van der Waals surface area (Å²) in [6, 6.07) is 4.63. The number of rotatable bonds is 4. The van der Waals surface area contributed by atoms with Crippen molar-refractivity contribution < 1.29 is 9.53 Å². The Morgan fingerprint density at radius 3 is 2.77 bits per heavy atom. The van der Waals surface area contributed by atoms with Gasteiger partial charge < -0.3 is 19.9 Å². The Morgan fingerprint density at radius 1 is 1.23 bits per heavy atom. The van der Waals surface area contributed by atoms with E-state index in [0.717, 1.165) is 63.3 Å². The van der Waals surface area contributed by atoms with Crippen molar-refractivity contribution in [3.05, 3.63) is 24.0 Å². The molecule has 2 fully saturated rings. The fourth-order valence-electron chi connectivity index (χ4n) is 4.33. The van der Waals surface area contributed by atoms with Gasteiger partial charge in [0.2, 0.25) is 0 Å². The van der Waals surface area contributed by atoms with Crippen LogP contribution < -0.4 is 10.1 Å². The highest BCUT2D eigenvalue weighted by Gasteiger charge is 2.29. The van der Waals surface area contributed by atoms with E-state index < -0.39 is 0 Å². The van der Waals surface area contributed by atoms with E-state index in [2.05, 4.69) is 15.2 Å². The summed E-state index contributed by atoms with van der Waals surface area (Å²) in [5.74, 6) is 1.40. The molecular weight excluding hydrogens is 328 g/mol. The van der Waals surface area contributed by atoms with E-state index in [4.69, 9.17) is 4.74 Å². The molecule has 1 aromatic rings. The van der Waals surface area contributed by atoms with Crippen LogP contribution in [0.15, 0.2) is 18.3 Å². The van der Waals surface area contributed by atoms with Gasteiger partial charge in [0.1, 0.15) is 5.75 Å². The third-order valence-corrected chi connectivity index (χ3v) is 5.77. The molecule has 144 valence electrons. The molecule has 6 nitrogen and oxygen atoms in total. The van der Waals surface area contributed by atoms with Gasteiger partial charge in [-0.15, -0.1) is 0 Å². The number of carbonyl (C=O) groups is 1. The number of amides is 2. The first-order valence-corrected chi connectivity index (χ1v) is 9.98. The third kappa shape index (κ3) is 4.47. The highest BCUT2D eigenvalue weighted by molar-refractivity contribution is 5.74. The molecular formula is C20H32N4O2. The topological polar surface area (TPSA) is 57.7 Å². The van der Waals surface area contributed by atoms with Gasteiger partial charge in [-0.3, -0.25) is 4.98 Å². The van der Waals surface area contributed by atoms with Crippen molar-refractivity contribution in [1.82, 2.24) is 20.1 Å². The largest absolute Gasteiger partial charge is 0.495 e. The standard InChI is InChI=1S/C20H32N4O2/c1-3-21-20(25)24-12-5-6-17(10-15-24)23-13-8-16(9-14-23)19-18(26-2)7-4-11-22-19/h4,7,11,16-17H,3,5-6,8-10,12-15H2,1-2H3,(H,21,25). The fourth-order valence-corrected chi connectivity index (χ4v) is 4.33. The van der Waals surface area contributed by atoms with Gasteiger partial charge in [-0.25, -0.2) is 4.79 Å². The Labute approximate surface area is 156 Å². The number of piperidine rings is 1. The smallest absolute Gasteiger partial charge is 0.317 e. The predicted octanol–water partition coefficient (Wildman–Crippen LogP) is 2.85. The van der Waals surface area contributed by atoms with Crippen LogP contribution >= 0.6 is 0 Å². The lowest BCUT2D eigenvalue weighted by atomic mass is 9.91.